The van der Waals surface area contributed by atoms with Gasteiger partial charge in [-0.2, -0.15) is 0 Å². The van der Waals surface area contributed by atoms with E-state index >= 15 is 0 Å². The van der Waals surface area contributed by atoms with Gasteiger partial charge in [-0.05, 0) is 61.4 Å². The molecule has 0 spiro atoms. The summed E-state index contributed by atoms with van der Waals surface area (Å²) in [4.78, 5) is 26.0. The van der Waals surface area contributed by atoms with Crippen LogP contribution in [0.25, 0.3) is 11.5 Å². The number of halogens is 1. The zero-order valence-corrected chi connectivity index (χ0v) is 16.4. The molecule has 0 unspecified atom stereocenters. The normalized spacial score (nSPS) is 14.5. The number of rotatable bonds is 4. The van der Waals surface area contributed by atoms with Crippen LogP contribution in [-0.4, -0.2) is 47.2 Å². The number of methoxy groups -OCH3 is 1. The van der Waals surface area contributed by atoms with Crippen LogP contribution in [0.1, 0.15) is 45.4 Å². The second-order valence-corrected chi connectivity index (χ2v) is 7.09. The van der Waals surface area contributed by atoms with Crippen molar-refractivity contribution in [2.75, 3.05) is 20.2 Å². The standard InChI is InChI=1S/C22H20FN3O4/c1-29-22(28)17-4-2-16(3-5-17)21(27)26-12-10-15(11-13-26)20-25-24-19(30-20)14-6-8-18(23)9-7-14/h2-9,15H,10-13H2,1H3. The van der Waals surface area contributed by atoms with E-state index in [1.165, 1.54) is 19.2 Å². The van der Waals surface area contributed by atoms with E-state index in [9.17, 15) is 14.0 Å². The number of likely N-dealkylation sites (tertiary alicyclic amines) is 1. The summed E-state index contributed by atoms with van der Waals surface area (Å²) >= 11 is 0. The van der Waals surface area contributed by atoms with Gasteiger partial charge in [0.1, 0.15) is 5.82 Å². The Kier molecular flexibility index (Phi) is 5.56. The Bertz CT molecular complexity index is 1040. The molecular formula is C22H20FN3O4. The molecule has 7 nitrogen and oxygen atoms in total. The number of nitrogens with zero attached hydrogens (tertiary/aromatic N) is 3. The Labute approximate surface area is 172 Å². The first-order valence-electron chi connectivity index (χ1n) is 9.62. The van der Waals surface area contributed by atoms with E-state index in [0.717, 1.165) is 0 Å². The van der Waals surface area contributed by atoms with Gasteiger partial charge in [0.25, 0.3) is 5.91 Å². The van der Waals surface area contributed by atoms with Crippen LogP contribution in [-0.2, 0) is 4.74 Å². The zero-order chi connectivity index (χ0) is 21.1. The predicted molar refractivity (Wildman–Crippen MR) is 105 cm³/mol. The highest BCUT2D eigenvalue weighted by Gasteiger charge is 2.28. The van der Waals surface area contributed by atoms with Crippen molar-refractivity contribution in [3.8, 4) is 11.5 Å². The fourth-order valence-corrected chi connectivity index (χ4v) is 3.49. The average molecular weight is 409 g/mol. The maximum atomic E-state index is 13.1. The van der Waals surface area contributed by atoms with Crippen LogP contribution in [0.2, 0.25) is 0 Å². The highest BCUT2D eigenvalue weighted by Crippen LogP contribution is 2.30. The molecular weight excluding hydrogens is 389 g/mol. The first kappa shape index (κ1) is 19.8. The van der Waals surface area contributed by atoms with Crippen LogP contribution >= 0.6 is 0 Å². The molecule has 4 rings (SSSR count). The molecule has 3 aromatic rings. The lowest BCUT2D eigenvalue weighted by Gasteiger charge is -2.30. The van der Waals surface area contributed by atoms with E-state index in [4.69, 9.17) is 4.42 Å². The molecule has 0 saturated carbocycles. The van der Waals surface area contributed by atoms with Gasteiger partial charge >= 0.3 is 5.97 Å². The van der Waals surface area contributed by atoms with E-state index in [2.05, 4.69) is 14.9 Å². The topological polar surface area (TPSA) is 85.5 Å². The molecule has 0 bridgehead atoms. The van der Waals surface area contributed by atoms with Gasteiger partial charge in [0, 0.05) is 30.1 Å². The van der Waals surface area contributed by atoms with Crippen LogP contribution < -0.4 is 0 Å². The smallest absolute Gasteiger partial charge is 0.337 e. The lowest BCUT2D eigenvalue weighted by molar-refractivity contribution is 0.0599. The Morgan fingerprint density at radius 3 is 2.27 bits per heavy atom. The molecule has 1 aliphatic heterocycles. The number of benzene rings is 2. The molecule has 0 aliphatic carbocycles. The molecule has 154 valence electrons. The Morgan fingerprint density at radius 1 is 1.00 bits per heavy atom. The minimum Gasteiger partial charge on any atom is -0.465 e. The second kappa shape index (κ2) is 8.44. The molecule has 1 fully saturated rings. The number of hydrogen-bond donors (Lipinski definition) is 0. The van der Waals surface area contributed by atoms with Gasteiger partial charge < -0.3 is 14.1 Å². The summed E-state index contributed by atoms with van der Waals surface area (Å²) in [7, 11) is 1.32. The maximum Gasteiger partial charge on any atom is 0.337 e. The number of piperidine rings is 1. The predicted octanol–water partition coefficient (Wildman–Crippen LogP) is 3.68. The first-order valence-corrected chi connectivity index (χ1v) is 9.62. The van der Waals surface area contributed by atoms with Crippen molar-refractivity contribution >= 4 is 11.9 Å². The molecule has 0 atom stereocenters. The highest BCUT2D eigenvalue weighted by atomic mass is 19.1. The van der Waals surface area contributed by atoms with Crippen molar-refractivity contribution in [3.63, 3.8) is 0 Å². The number of ether oxygens (including phenoxy) is 1. The molecule has 0 radical (unpaired) electrons. The van der Waals surface area contributed by atoms with Crippen molar-refractivity contribution in [1.29, 1.82) is 0 Å². The molecule has 1 saturated heterocycles. The summed E-state index contributed by atoms with van der Waals surface area (Å²) in [5.74, 6) is 0.114. The fourth-order valence-electron chi connectivity index (χ4n) is 3.49. The Hall–Kier alpha value is -3.55. The van der Waals surface area contributed by atoms with Gasteiger partial charge in [-0.3, -0.25) is 4.79 Å². The van der Waals surface area contributed by atoms with E-state index in [0.29, 0.717) is 54.4 Å². The summed E-state index contributed by atoms with van der Waals surface area (Å²) in [5, 5.41) is 8.21. The number of hydrogen-bond acceptors (Lipinski definition) is 6. The zero-order valence-electron chi connectivity index (χ0n) is 16.4. The SMILES string of the molecule is COC(=O)c1ccc(C(=O)N2CCC(c3nnc(-c4ccc(F)cc4)o3)CC2)cc1. The summed E-state index contributed by atoms with van der Waals surface area (Å²) in [5.41, 5.74) is 1.59. The maximum absolute atomic E-state index is 13.1. The summed E-state index contributed by atoms with van der Waals surface area (Å²) < 4.78 is 23.5. The largest absolute Gasteiger partial charge is 0.465 e. The quantitative estimate of drug-likeness (QED) is 0.611. The highest BCUT2D eigenvalue weighted by molar-refractivity contribution is 5.96. The van der Waals surface area contributed by atoms with E-state index < -0.39 is 5.97 Å². The van der Waals surface area contributed by atoms with Gasteiger partial charge in [0.2, 0.25) is 11.8 Å². The van der Waals surface area contributed by atoms with Crippen LogP contribution in [0.3, 0.4) is 0 Å². The number of carbonyl (C=O) groups is 2. The third-order valence-electron chi connectivity index (χ3n) is 5.22. The van der Waals surface area contributed by atoms with Crippen molar-refractivity contribution in [2.24, 2.45) is 0 Å². The number of amides is 1. The van der Waals surface area contributed by atoms with E-state index in [1.54, 1.807) is 41.3 Å². The monoisotopic (exact) mass is 409 g/mol. The minimum atomic E-state index is -0.436. The van der Waals surface area contributed by atoms with Gasteiger partial charge in [-0.1, -0.05) is 0 Å². The van der Waals surface area contributed by atoms with Crippen molar-refractivity contribution in [2.45, 2.75) is 18.8 Å². The molecule has 1 aromatic heterocycles. The second-order valence-electron chi connectivity index (χ2n) is 7.09. The molecule has 2 aromatic carbocycles. The average Bonchev–Trinajstić information content (AvgIpc) is 3.29. The summed E-state index contributed by atoms with van der Waals surface area (Å²) in [6.45, 7) is 1.13. The van der Waals surface area contributed by atoms with E-state index in [1.807, 2.05) is 0 Å². The molecule has 0 N–H and O–H groups in total. The minimum absolute atomic E-state index is 0.0671. The Balaban J connectivity index is 1.37. The summed E-state index contributed by atoms with van der Waals surface area (Å²) in [6.07, 6.45) is 1.41. The van der Waals surface area contributed by atoms with Crippen LogP contribution in [0, 0.1) is 5.82 Å². The number of esters is 1. The molecule has 2 heterocycles. The first-order chi connectivity index (χ1) is 14.5. The fraction of sp³-hybridized carbons (Fsp3) is 0.273. The lowest BCUT2D eigenvalue weighted by atomic mass is 9.96. The van der Waals surface area contributed by atoms with Crippen molar-refractivity contribution in [3.05, 3.63) is 71.4 Å². The van der Waals surface area contributed by atoms with Gasteiger partial charge in [-0.15, -0.1) is 10.2 Å². The van der Waals surface area contributed by atoms with Crippen LogP contribution in [0.15, 0.2) is 52.9 Å². The van der Waals surface area contributed by atoms with Crippen LogP contribution in [0.4, 0.5) is 4.39 Å². The molecule has 8 heteroatoms. The summed E-state index contributed by atoms with van der Waals surface area (Å²) in [6, 6.07) is 12.3. The molecule has 1 amide bonds. The van der Waals surface area contributed by atoms with Gasteiger partial charge in [-0.25, -0.2) is 9.18 Å². The van der Waals surface area contributed by atoms with Crippen molar-refractivity contribution in [1.82, 2.24) is 15.1 Å². The van der Waals surface area contributed by atoms with E-state index in [-0.39, 0.29) is 17.6 Å². The number of aromatic nitrogens is 2. The molecule has 30 heavy (non-hydrogen) atoms. The van der Waals surface area contributed by atoms with Crippen molar-refractivity contribution < 1.29 is 23.1 Å². The third-order valence-corrected chi connectivity index (χ3v) is 5.22. The Morgan fingerprint density at radius 2 is 1.63 bits per heavy atom. The van der Waals surface area contributed by atoms with Crippen LogP contribution in [0.5, 0.6) is 0 Å². The number of carbonyl (C=O) groups excluding carboxylic acids is 2. The van der Waals surface area contributed by atoms with Gasteiger partial charge in [0.05, 0.1) is 12.7 Å². The third kappa shape index (κ3) is 4.07. The molecule has 1 aliphatic rings. The van der Waals surface area contributed by atoms with Gasteiger partial charge in [0.15, 0.2) is 0 Å². The lowest BCUT2D eigenvalue weighted by Crippen LogP contribution is -2.38.